The first-order valence-electron chi connectivity index (χ1n) is 8.50. The zero-order chi connectivity index (χ0) is 15.1. The number of guanidine groups is 1. The normalized spacial score (nSPS) is 24.3. The molecule has 1 N–H and O–H groups in total. The fraction of sp³-hybridized carbons (Fsp3) is 0.938. The van der Waals surface area contributed by atoms with Crippen LogP contribution >= 0.6 is 35.7 Å². The van der Waals surface area contributed by atoms with Crippen LogP contribution in [0.1, 0.15) is 33.1 Å². The summed E-state index contributed by atoms with van der Waals surface area (Å²) in [5.74, 6) is 3.05. The van der Waals surface area contributed by atoms with Gasteiger partial charge in [-0.3, -0.25) is 4.99 Å². The summed E-state index contributed by atoms with van der Waals surface area (Å²) in [6, 6.07) is 0. The highest BCUT2D eigenvalue weighted by Crippen LogP contribution is 2.24. The number of nitrogens with one attached hydrogen (secondary N) is 1. The Hall–Kier alpha value is 0.310. The number of thioether (sulfide) groups is 1. The summed E-state index contributed by atoms with van der Waals surface area (Å²) < 4.78 is 0. The van der Waals surface area contributed by atoms with Crippen LogP contribution in [0, 0.1) is 5.92 Å². The molecule has 2 heterocycles. The van der Waals surface area contributed by atoms with Gasteiger partial charge in [-0.2, -0.15) is 11.8 Å². The lowest BCUT2D eigenvalue weighted by Crippen LogP contribution is -2.50. The second-order valence-corrected chi connectivity index (χ2v) is 7.82. The zero-order valence-electron chi connectivity index (χ0n) is 14.4. The van der Waals surface area contributed by atoms with E-state index in [-0.39, 0.29) is 24.0 Å². The van der Waals surface area contributed by atoms with Gasteiger partial charge >= 0.3 is 0 Å². The maximum absolute atomic E-state index is 4.49. The van der Waals surface area contributed by atoms with Crippen LogP contribution in [-0.4, -0.2) is 73.1 Å². The first-order valence-corrected chi connectivity index (χ1v) is 9.55. The summed E-state index contributed by atoms with van der Waals surface area (Å²) in [6.07, 6.45) is 4.15. The van der Waals surface area contributed by atoms with E-state index in [0.717, 1.165) is 43.3 Å². The van der Waals surface area contributed by atoms with Crippen molar-refractivity contribution in [3.8, 4) is 0 Å². The third-order valence-electron chi connectivity index (χ3n) is 4.51. The molecule has 2 aliphatic rings. The number of nitrogens with zero attached hydrogens (tertiary/aromatic N) is 3. The average Bonchev–Trinajstić information content (AvgIpc) is 2.52. The van der Waals surface area contributed by atoms with Crippen molar-refractivity contribution < 1.29 is 0 Å². The van der Waals surface area contributed by atoms with Gasteiger partial charge in [0.2, 0.25) is 0 Å². The van der Waals surface area contributed by atoms with E-state index >= 15 is 0 Å². The molecule has 22 heavy (non-hydrogen) atoms. The molecule has 2 saturated heterocycles. The summed E-state index contributed by atoms with van der Waals surface area (Å²) in [6.45, 7) is 11.6. The van der Waals surface area contributed by atoms with Crippen LogP contribution in [0.3, 0.4) is 0 Å². The topological polar surface area (TPSA) is 30.9 Å². The molecule has 0 aromatic rings. The average molecular weight is 440 g/mol. The van der Waals surface area contributed by atoms with Crippen LogP contribution in [-0.2, 0) is 0 Å². The molecular weight excluding hydrogens is 407 g/mol. The van der Waals surface area contributed by atoms with Gasteiger partial charge in [0.1, 0.15) is 0 Å². The minimum atomic E-state index is 0. The molecule has 0 radical (unpaired) electrons. The number of likely N-dealkylation sites (tertiary alicyclic amines) is 1. The maximum atomic E-state index is 4.49. The van der Waals surface area contributed by atoms with Gasteiger partial charge in [0.15, 0.2) is 5.96 Å². The van der Waals surface area contributed by atoms with Gasteiger partial charge in [-0.15, -0.1) is 24.0 Å². The molecule has 0 aromatic heterocycles. The lowest BCUT2D eigenvalue weighted by atomic mass is 10.1. The Kier molecular flexibility index (Phi) is 10.1. The number of hydrogen-bond donors (Lipinski definition) is 1. The van der Waals surface area contributed by atoms with Crippen LogP contribution in [0.5, 0.6) is 0 Å². The van der Waals surface area contributed by atoms with Crippen molar-refractivity contribution in [3.05, 3.63) is 0 Å². The van der Waals surface area contributed by atoms with E-state index in [4.69, 9.17) is 0 Å². The molecule has 6 heteroatoms. The smallest absolute Gasteiger partial charge is 0.193 e. The number of halogens is 1. The van der Waals surface area contributed by atoms with Crippen molar-refractivity contribution in [2.45, 2.75) is 38.4 Å². The molecule has 2 fully saturated rings. The largest absolute Gasteiger partial charge is 0.355 e. The third-order valence-corrected chi connectivity index (χ3v) is 6.05. The molecule has 0 aliphatic carbocycles. The fourth-order valence-electron chi connectivity index (χ4n) is 3.11. The van der Waals surface area contributed by atoms with Crippen molar-refractivity contribution in [3.63, 3.8) is 0 Å². The van der Waals surface area contributed by atoms with Crippen molar-refractivity contribution in [1.82, 2.24) is 15.1 Å². The summed E-state index contributed by atoms with van der Waals surface area (Å²) in [4.78, 5) is 9.51. The Morgan fingerprint density at radius 3 is 2.59 bits per heavy atom. The van der Waals surface area contributed by atoms with Gasteiger partial charge in [0, 0.05) is 44.2 Å². The van der Waals surface area contributed by atoms with Crippen molar-refractivity contribution >= 4 is 41.7 Å². The number of piperidine rings is 1. The number of aliphatic imine (C=N–C) groups is 1. The lowest BCUT2D eigenvalue weighted by Gasteiger charge is -2.36. The van der Waals surface area contributed by atoms with Crippen LogP contribution in [0.2, 0.25) is 0 Å². The molecule has 1 atom stereocenters. The highest BCUT2D eigenvalue weighted by molar-refractivity contribution is 14.0. The highest BCUT2D eigenvalue weighted by Gasteiger charge is 2.24. The van der Waals surface area contributed by atoms with Gasteiger partial charge in [-0.25, -0.2) is 0 Å². The quantitative estimate of drug-likeness (QED) is 0.414. The van der Waals surface area contributed by atoms with Gasteiger partial charge in [-0.05, 0) is 31.8 Å². The van der Waals surface area contributed by atoms with E-state index in [1.54, 1.807) is 0 Å². The number of hydrogen-bond acceptors (Lipinski definition) is 3. The first-order chi connectivity index (χ1) is 10.2. The third kappa shape index (κ3) is 6.43. The predicted octanol–water partition coefficient (Wildman–Crippen LogP) is 2.74. The van der Waals surface area contributed by atoms with Crippen LogP contribution in [0.25, 0.3) is 0 Å². The monoisotopic (exact) mass is 440 g/mol. The molecule has 0 spiro atoms. The molecule has 0 saturated carbocycles. The second kappa shape index (κ2) is 11.0. The van der Waals surface area contributed by atoms with E-state index in [1.807, 2.05) is 7.05 Å². The summed E-state index contributed by atoms with van der Waals surface area (Å²) in [7, 11) is 1.91. The zero-order valence-corrected chi connectivity index (χ0v) is 17.5. The molecule has 0 bridgehead atoms. The van der Waals surface area contributed by atoms with Crippen molar-refractivity contribution in [2.75, 3.05) is 52.1 Å². The molecule has 2 aliphatic heterocycles. The van der Waals surface area contributed by atoms with Gasteiger partial charge in [0.05, 0.1) is 0 Å². The minimum Gasteiger partial charge on any atom is -0.355 e. The Labute approximate surface area is 157 Å². The van der Waals surface area contributed by atoms with Crippen LogP contribution in [0.4, 0.5) is 0 Å². The maximum Gasteiger partial charge on any atom is 0.193 e. The fourth-order valence-corrected chi connectivity index (χ4v) is 4.41. The summed E-state index contributed by atoms with van der Waals surface area (Å²) in [5, 5.41) is 4.31. The molecular formula is C16H33IN4S. The lowest BCUT2D eigenvalue weighted by molar-refractivity contribution is 0.231. The van der Waals surface area contributed by atoms with Gasteiger partial charge in [0.25, 0.3) is 0 Å². The van der Waals surface area contributed by atoms with E-state index < -0.39 is 0 Å². The number of rotatable bonds is 4. The van der Waals surface area contributed by atoms with E-state index in [0.29, 0.717) is 0 Å². The van der Waals surface area contributed by atoms with E-state index in [9.17, 15) is 0 Å². The summed E-state index contributed by atoms with van der Waals surface area (Å²) >= 11 is 2.12. The highest BCUT2D eigenvalue weighted by atomic mass is 127. The summed E-state index contributed by atoms with van der Waals surface area (Å²) in [5.41, 5.74) is 0. The standard InChI is InChI=1S/C16H32N4S.HI/c1-14(2)15-13-20(11-12-21-15)16(17-3)18-7-10-19-8-5-4-6-9-19;/h14-15H,4-13H2,1-3H3,(H,17,18);1H. The molecule has 2 rings (SSSR count). The minimum absolute atomic E-state index is 0. The Bertz CT molecular complexity index is 332. The van der Waals surface area contributed by atoms with E-state index in [2.05, 4.69) is 45.7 Å². The SMILES string of the molecule is CN=C(NCCN1CCCCC1)N1CCSC(C(C)C)C1.I. The van der Waals surface area contributed by atoms with Gasteiger partial charge < -0.3 is 15.1 Å². The molecule has 130 valence electrons. The van der Waals surface area contributed by atoms with Crippen molar-refractivity contribution in [2.24, 2.45) is 10.9 Å². The second-order valence-electron chi connectivity index (χ2n) is 6.48. The molecule has 4 nitrogen and oxygen atoms in total. The van der Waals surface area contributed by atoms with Crippen LogP contribution < -0.4 is 5.32 Å². The molecule has 0 amide bonds. The van der Waals surface area contributed by atoms with Gasteiger partial charge in [-0.1, -0.05) is 20.3 Å². The first kappa shape index (κ1) is 20.4. The van der Waals surface area contributed by atoms with Crippen LogP contribution in [0.15, 0.2) is 4.99 Å². The molecule has 1 unspecified atom stereocenters. The molecule has 0 aromatic carbocycles. The Balaban J connectivity index is 0.00000242. The Morgan fingerprint density at radius 2 is 1.95 bits per heavy atom. The van der Waals surface area contributed by atoms with E-state index in [1.165, 1.54) is 38.1 Å². The Morgan fingerprint density at radius 1 is 1.23 bits per heavy atom. The van der Waals surface area contributed by atoms with Crippen molar-refractivity contribution in [1.29, 1.82) is 0 Å². The predicted molar refractivity (Wildman–Crippen MR) is 110 cm³/mol.